The Bertz CT molecular complexity index is 927. The van der Waals surface area contributed by atoms with Gasteiger partial charge in [0.05, 0.1) is 18.8 Å². The van der Waals surface area contributed by atoms with Gasteiger partial charge in [-0.3, -0.25) is 14.4 Å². The molecule has 156 valence electrons. The second-order valence-electron chi connectivity index (χ2n) is 6.83. The molecule has 3 amide bonds. The zero-order valence-corrected chi connectivity index (χ0v) is 16.8. The SMILES string of the molecule is CCCNC(=O)[C@H]1CN(C(=O)CNC(=O)/C=C/c2ccccc2)c2ccccc2O1. The van der Waals surface area contributed by atoms with Crippen molar-refractivity contribution in [3.63, 3.8) is 0 Å². The topological polar surface area (TPSA) is 87.7 Å². The van der Waals surface area contributed by atoms with Gasteiger partial charge in [0.1, 0.15) is 5.75 Å². The van der Waals surface area contributed by atoms with Gasteiger partial charge in [0.15, 0.2) is 6.10 Å². The van der Waals surface area contributed by atoms with Crippen molar-refractivity contribution < 1.29 is 19.1 Å². The van der Waals surface area contributed by atoms with Crippen molar-refractivity contribution in [1.29, 1.82) is 0 Å². The van der Waals surface area contributed by atoms with Crippen LogP contribution in [-0.4, -0.2) is 43.5 Å². The number of nitrogens with one attached hydrogen (secondary N) is 2. The predicted octanol–water partition coefficient (Wildman–Crippen LogP) is 2.14. The number of benzene rings is 2. The summed E-state index contributed by atoms with van der Waals surface area (Å²) in [6.45, 7) is 2.40. The fourth-order valence-corrected chi connectivity index (χ4v) is 3.02. The summed E-state index contributed by atoms with van der Waals surface area (Å²) in [5.41, 5.74) is 1.47. The van der Waals surface area contributed by atoms with E-state index in [2.05, 4.69) is 10.6 Å². The highest BCUT2D eigenvalue weighted by molar-refractivity contribution is 6.01. The van der Waals surface area contributed by atoms with Gasteiger partial charge in [0.25, 0.3) is 5.91 Å². The molecule has 0 unspecified atom stereocenters. The van der Waals surface area contributed by atoms with Crippen molar-refractivity contribution in [2.75, 3.05) is 24.5 Å². The number of carbonyl (C=O) groups is 3. The van der Waals surface area contributed by atoms with Crippen LogP contribution in [0.15, 0.2) is 60.7 Å². The van der Waals surface area contributed by atoms with Gasteiger partial charge in [-0.25, -0.2) is 0 Å². The van der Waals surface area contributed by atoms with E-state index in [1.165, 1.54) is 11.0 Å². The molecule has 1 aliphatic rings. The van der Waals surface area contributed by atoms with Crippen LogP contribution in [0.3, 0.4) is 0 Å². The van der Waals surface area contributed by atoms with E-state index < -0.39 is 6.10 Å². The fourth-order valence-electron chi connectivity index (χ4n) is 3.02. The number of hydrogen-bond acceptors (Lipinski definition) is 4. The van der Waals surface area contributed by atoms with Crippen molar-refractivity contribution in [3.8, 4) is 5.75 Å². The first-order valence-electron chi connectivity index (χ1n) is 9.93. The van der Waals surface area contributed by atoms with E-state index in [4.69, 9.17) is 4.74 Å². The quantitative estimate of drug-likeness (QED) is 0.689. The Hall–Kier alpha value is -3.61. The molecular weight excluding hydrogens is 382 g/mol. The highest BCUT2D eigenvalue weighted by atomic mass is 16.5. The Morgan fingerprint density at radius 1 is 1.07 bits per heavy atom. The molecular formula is C23H25N3O4. The molecule has 2 aromatic rings. The van der Waals surface area contributed by atoms with Crippen molar-refractivity contribution in [1.82, 2.24) is 10.6 Å². The van der Waals surface area contributed by atoms with E-state index in [-0.39, 0.29) is 30.8 Å². The standard InChI is InChI=1S/C23H25N3O4/c1-2-14-24-23(29)20-16-26(18-10-6-7-11-19(18)30-20)22(28)15-25-21(27)13-12-17-8-4-3-5-9-17/h3-13,20H,2,14-16H2,1H3,(H,24,29)(H,25,27)/b13-12+/t20-/m1/s1. The molecule has 0 bridgehead atoms. The van der Waals surface area contributed by atoms with Crippen LogP contribution in [0, 0.1) is 0 Å². The van der Waals surface area contributed by atoms with E-state index in [9.17, 15) is 14.4 Å². The third kappa shape index (κ3) is 5.47. The molecule has 0 aromatic heterocycles. The number of carbonyl (C=O) groups excluding carboxylic acids is 3. The van der Waals surface area contributed by atoms with E-state index >= 15 is 0 Å². The third-order valence-corrected chi connectivity index (χ3v) is 4.56. The lowest BCUT2D eigenvalue weighted by Gasteiger charge is -2.34. The van der Waals surface area contributed by atoms with Gasteiger partial charge in [-0.05, 0) is 30.2 Å². The van der Waals surface area contributed by atoms with Gasteiger partial charge in [-0.15, -0.1) is 0 Å². The molecule has 7 heteroatoms. The van der Waals surface area contributed by atoms with E-state index in [0.29, 0.717) is 18.0 Å². The summed E-state index contributed by atoms with van der Waals surface area (Å²) in [5, 5.41) is 5.39. The fraction of sp³-hybridized carbons (Fsp3) is 0.261. The van der Waals surface area contributed by atoms with Crippen LogP contribution < -0.4 is 20.3 Å². The largest absolute Gasteiger partial charge is 0.477 e. The minimum atomic E-state index is -0.802. The maximum atomic E-state index is 12.8. The number of anilines is 1. The Morgan fingerprint density at radius 2 is 1.80 bits per heavy atom. The van der Waals surface area contributed by atoms with Gasteiger partial charge in [-0.1, -0.05) is 49.4 Å². The maximum Gasteiger partial charge on any atom is 0.262 e. The molecule has 3 rings (SSSR count). The van der Waals surface area contributed by atoms with Gasteiger partial charge < -0.3 is 20.3 Å². The first kappa shape index (κ1) is 21.1. The Labute approximate surface area is 175 Å². The number of rotatable bonds is 7. The summed E-state index contributed by atoms with van der Waals surface area (Å²) in [7, 11) is 0. The van der Waals surface area contributed by atoms with Crippen molar-refractivity contribution in [3.05, 3.63) is 66.2 Å². The maximum absolute atomic E-state index is 12.8. The monoisotopic (exact) mass is 407 g/mol. The molecule has 0 saturated heterocycles. The molecule has 0 aliphatic carbocycles. The molecule has 2 N–H and O–H groups in total. The molecule has 1 atom stereocenters. The van der Waals surface area contributed by atoms with Crippen LogP contribution in [0.4, 0.5) is 5.69 Å². The number of amides is 3. The summed E-state index contributed by atoms with van der Waals surface area (Å²) in [5.74, 6) is -0.491. The Balaban J connectivity index is 1.64. The minimum Gasteiger partial charge on any atom is -0.477 e. The van der Waals surface area contributed by atoms with Gasteiger partial charge in [0, 0.05) is 12.6 Å². The van der Waals surface area contributed by atoms with E-state index in [1.807, 2.05) is 37.3 Å². The minimum absolute atomic E-state index is 0.0844. The van der Waals surface area contributed by atoms with Gasteiger partial charge in [-0.2, -0.15) is 0 Å². The second kappa shape index (κ2) is 10.2. The highest BCUT2D eigenvalue weighted by Gasteiger charge is 2.33. The van der Waals surface area contributed by atoms with Crippen LogP contribution in [0.2, 0.25) is 0 Å². The lowest BCUT2D eigenvalue weighted by atomic mass is 10.1. The van der Waals surface area contributed by atoms with Crippen molar-refractivity contribution in [2.45, 2.75) is 19.4 Å². The number of fused-ring (bicyclic) bond motifs is 1. The first-order chi connectivity index (χ1) is 14.6. The summed E-state index contributed by atoms with van der Waals surface area (Å²) in [4.78, 5) is 38.8. The number of hydrogen-bond donors (Lipinski definition) is 2. The van der Waals surface area contributed by atoms with E-state index in [1.54, 1.807) is 30.3 Å². The summed E-state index contributed by atoms with van der Waals surface area (Å²) in [6, 6.07) is 16.5. The Kier molecular flexibility index (Phi) is 7.21. The van der Waals surface area contributed by atoms with Crippen molar-refractivity contribution >= 4 is 29.5 Å². The van der Waals surface area contributed by atoms with Crippen molar-refractivity contribution in [2.24, 2.45) is 0 Å². The summed E-state index contributed by atoms with van der Waals surface area (Å²) < 4.78 is 5.78. The number of para-hydroxylation sites is 2. The second-order valence-corrected chi connectivity index (χ2v) is 6.83. The van der Waals surface area contributed by atoms with Gasteiger partial charge >= 0.3 is 0 Å². The summed E-state index contributed by atoms with van der Waals surface area (Å²) >= 11 is 0. The molecule has 30 heavy (non-hydrogen) atoms. The molecule has 1 aliphatic heterocycles. The Morgan fingerprint density at radius 3 is 2.57 bits per heavy atom. The zero-order valence-electron chi connectivity index (χ0n) is 16.8. The molecule has 7 nitrogen and oxygen atoms in total. The molecule has 0 radical (unpaired) electrons. The van der Waals surface area contributed by atoms with Crippen LogP contribution in [0.25, 0.3) is 6.08 Å². The van der Waals surface area contributed by atoms with Crippen LogP contribution >= 0.6 is 0 Å². The zero-order chi connectivity index (χ0) is 21.3. The molecule has 0 saturated carbocycles. The summed E-state index contributed by atoms with van der Waals surface area (Å²) in [6.07, 6.45) is 3.07. The molecule has 0 spiro atoms. The molecule has 0 fully saturated rings. The lowest BCUT2D eigenvalue weighted by Crippen LogP contribution is -2.52. The average Bonchev–Trinajstić information content (AvgIpc) is 2.79. The third-order valence-electron chi connectivity index (χ3n) is 4.56. The van der Waals surface area contributed by atoms with Crippen LogP contribution in [0.5, 0.6) is 5.75 Å². The normalized spacial score (nSPS) is 15.2. The highest BCUT2D eigenvalue weighted by Crippen LogP contribution is 2.33. The average molecular weight is 407 g/mol. The van der Waals surface area contributed by atoms with E-state index in [0.717, 1.165) is 12.0 Å². The van der Waals surface area contributed by atoms with Crippen LogP contribution in [-0.2, 0) is 14.4 Å². The smallest absolute Gasteiger partial charge is 0.262 e. The first-order valence-corrected chi connectivity index (χ1v) is 9.93. The molecule has 1 heterocycles. The lowest BCUT2D eigenvalue weighted by molar-refractivity contribution is -0.128. The number of nitrogens with zero attached hydrogens (tertiary/aromatic N) is 1. The predicted molar refractivity (Wildman–Crippen MR) is 115 cm³/mol. The van der Waals surface area contributed by atoms with Crippen LogP contribution in [0.1, 0.15) is 18.9 Å². The molecule has 2 aromatic carbocycles. The van der Waals surface area contributed by atoms with Gasteiger partial charge in [0.2, 0.25) is 11.8 Å². The number of ether oxygens (including phenoxy) is 1.